The number of amides is 3. The molecule has 3 heterocycles. The van der Waals surface area contributed by atoms with Gasteiger partial charge in [0.05, 0.1) is 6.42 Å². The Kier molecular flexibility index (Phi) is 7.09. The SMILES string of the molecule is CCO[C@H]1CC(=O)O[C@@H]1NC(=O)[C@@]12CC[C@@H](CN1C(=O)[C@@H](NC(=O)c1nccc3ccccc13)C(C)(C)C)C2. The smallest absolute Gasteiger partial charge is 0.310 e. The predicted molar refractivity (Wildman–Crippen MR) is 142 cm³/mol. The predicted octanol–water partition coefficient (Wildman–Crippen LogP) is 2.55. The normalized spacial score (nSPS) is 26.9. The molecule has 2 aromatic rings. The first-order chi connectivity index (χ1) is 18.5. The molecule has 39 heavy (non-hydrogen) atoms. The number of carbonyl (C=O) groups is 4. The first-order valence-corrected chi connectivity index (χ1v) is 13.6. The van der Waals surface area contributed by atoms with Crippen molar-refractivity contribution in [3.63, 3.8) is 0 Å². The summed E-state index contributed by atoms with van der Waals surface area (Å²) in [6, 6.07) is 8.40. The minimum Gasteiger partial charge on any atom is -0.439 e. The molecule has 5 rings (SSSR count). The number of cyclic esters (lactones) is 1. The topological polar surface area (TPSA) is 127 Å². The summed E-state index contributed by atoms with van der Waals surface area (Å²) < 4.78 is 10.9. The zero-order chi connectivity index (χ0) is 27.9. The molecule has 2 bridgehead atoms. The molecule has 3 amide bonds. The van der Waals surface area contributed by atoms with Crippen molar-refractivity contribution in [2.24, 2.45) is 11.3 Å². The van der Waals surface area contributed by atoms with Gasteiger partial charge in [-0.1, -0.05) is 45.0 Å². The Hall–Kier alpha value is -3.53. The number of pyridine rings is 1. The number of ether oxygens (including phenoxy) is 2. The number of aromatic nitrogens is 1. The number of carbonyl (C=O) groups excluding carboxylic acids is 4. The molecule has 3 fully saturated rings. The van der Waals surface area contributed by atoms with Crippen LogP contribution >= 0.6 is 0 Å². The highest BCUT2D eigenvalue weighted by Crippen LogP contribution is 2.47. The van der Waals surface area contributed by atoms with E-state index in [0.717, 1.165) is 11.8 Å². The molecule has 0 spiro atoms. The van der Waals surface area contributed by atoms with Crippen molar-refractivity contribution >= 4 is 34.5 Å². The van der Waals surface area contributed by atoms with Crippen LogP contribution in [0.25, 0.3) is 10.8 Å². The van der Waals surface area contributed by atoms with E-state index < -0.39 is 41.2 Å². The Morgan fingerprint density at radius 1 is 1.23 bits per heavy atom. The van der Waals surface area contributed by atoms with Gasteiger partial charge < -0.3 is 25.0 Å². The maximum absolute atomic E-state index is 14.2. The van der Waals surface area contributed by atoms with Crippen molar-refractivity contribution in [3.8, 4) is 0 Å². The van der Waals surface area contributed by atoms with Gasteiger partial charge in [0.15, 0.2) is 0 Å². The second-order valence-electron chi connectivity index (χ2n) is 11.8. The maximum Gasteiger partial charge on any atom is 0.310 e. The van der Waals surface area contributed by atoms with Gasteiger partial charge in [-0.25, -0.2) is 0 Å². The summed E-state index contributed by atoms with van der Waals surface area (Å²) in [6.45, 7) is 8.28. The van der Waals surface area contributed by atoms with E-state index in [1.54, 1.807) is 11.1 Å². The Labute approximate surface area is 227 Å². The van der Waals surface area contributed by atoms with Gasteiger partial charge in [0, 0.05) is 24.7 Å². The number of piperidine rings is 1. The minimum absolute atomic E-state index is 0.0669. The zero-order valence-corrected chi connectivity index (χ0v) is 22.9. The standard InChI is InChI=1S/C29H36N4O6/c1-5-38-20-14-21(34)39-25(20)32-27(37)29-12-10-17(15-29)16-33(29)26(36)23(28(2,3)4)31-24(35)22-19-9-7-6-8-18(19)11-13-30-22/h6-9,11,13,17,20,23,25H,5,10,12,14-16H2,1-4H3,(H,31,35)(H,32,37)/t17-,20+,23-,25+,29+/m1/s1. The van der Waals surface area contributed by atoms with Crippen LogP contribution in [-0.4, -0.2) is 70.6 Å². The number of hydrogen-bond acceptors (Lipinski definition) is 7. The Morgan fingerprint density at radius 2 is 2.00 bits per heavy atom. The van der Waals surface area contributed by atoms with Gasteiger partial charge in [-0.15, -0.1) is 0 Å². The summed E-state index contributed by atoms with van der Waals surface area (Å²) in [6.07, 6.45) is 2.03. The molecule has 1 saturated carbocycles. The molecule has 2 saturated heterocycles. The van der Waals surface area contributed by atoms with E-state index in [1.807, 2.05) is 58.0 Å². The van der Waals surface area contributed by atoms with Crippen molar-refractivity contribution < 1.29 is 28.7 Å². The maximum atomic E-state index is 14.2. The highest BCUT2D eigenvalue weighted by Gasteiger charge is 2.59. The molecule has 1 aromatic heterocycles. The number of esters is 1. The van der Waals surface area contributed by atoms with Gasteiger partial charge in [0.1, 0.15) is 23.4 Å². The Bertz CT molecular complexity index is 1300. The van der Waals surface area contributed by atoms with Crippen LogP contribution in [0, 0.1) is 11.3 Å². The van der Waals surface area contributed by atoms with Gasteiger partial charge in [0.25, 0.3) is 5.91 Å². The highest BCUT2D eigenvalue weighted by atomic mass is 16.6. The van der Waals surface area contributed by atoms with Crippen LogP contribution in [0.1, 0.15) is 63.9 Å². The summed E-state index contributed by atoms with van der Waals surface area (Å²) in [5.41, 5.74) is -1.47. The van der Waals surface area contributed by atoms with Gasteiger partial charge >= 0.3 is 5.97 Å². The fourth-order valence-corrected chi connectivity index (χ4v) is 6.18. The van der Waals surface area contributed by atoms with Crippen LogP contribution in [0.3, 0.4) is 0 Å². The molecule has 208 valence electrons. The number of likely N-dealkylation sites (tertiary alicyclic amines) is 1. The third-order valence-electron chi connectivity index (χ3n) is 8.13. The molecule has 10 nitrogen and oxygen atoms in total. The Morgan fingerprint density at radius 3 is 2.72 bits per heavy atom. The van der Waals surface area contributed by atoms with Crippen molar-refractivity contribution in [2.45, 2.75) is 77.3 Å². The monoisotopic (exact) mass is 536 g/mol. The average molecular weight is 537 g/mol. The number of rotatable bonds is 7. The molecule has 3 aliphatic rings. The van der Waals surface area contributed by atoms with Crippen LogP contribution < -0.4 is 10.6 Å². The van der Waals surface area contributed by atoms with E-state index in [-0.39, 0.29) is 29.8 Å². The molecule has 2 N–H and O–H groups in total. The zero-order valence-electron chi connectivity index (χ0n) is 22.9. The lowest BCUT2D eigenvalue weighted by Crippen LogP contribution is -2.64. The molecule has 0 radical (unpaired) electrons. The fourth-order valence-electron chi connectivity index (χ4n) is 6.18. The summed E-state index contributed by atoms with van der Waals surface area (Å²) in [5.74, 6) is -1.35. The second-order valence-corrected chi connectivity index (χ2v) is 11.8. The second kappa shape index (κ2) is 10.2. The van der Waals surface area contributed by atoms with Crippen molar-refractivity contribution in [2.75, 3.05) is 13.2 Å². The van der Waals surface area contributed by atoms with Gasteiger partial charge in [-0.2, -0.15) is 0 Å². The molecule has 5 atom stereocenters. The van der Waals surface area contributed by atoms with Crippen LogP contribution in [0.2, 0.25) is 0 Å². The van der Waals surface area contributed by atoms with Crippen LogP contribution in [0.5, 0.6) is 0 Å². The van der Waals surface area contributed by atoms with Crippen LogP contribution in [0.15, 0.2) is 36.5 Å². The largest absolute Gasteiger partial charge is 0.439 e. The fraction of sp³-hybridized carbons (Fsp3) is 0.552. The lowest BCUT2D eigenvalue weighted by atomic mass is 9.84. The van der Waals surface area contributed by atoms with E-state index in [9.17, 15) is 19.2 Å². The third-order valence-corrected chi connectivity index (χ3v) is 8.13. The van der Waals surface area contributed by atoms with Crippen molar-refractivity contribution in [1.29, 1.82) is 0 Å². The minimum atomic E-state index is -1.07. The van der Waals surface area contributed by atoms with E-state index in [1.165, 1.54) is 0 Å². The molecular weight excluding hydrogens is 500 g/mol. The number of benzene rings is 1. The molecule has 1 aliphatic carbocycles. The van der Waals surface area contributed by atoms with E-state index >= 15 is 0 Å². The van der Waals surface area contributed by atoms with E-state index in [2.05, 4.69) is 15.6 Å². The van der Waals surface area contributed by atoms with Gasteiger partial charge in [0.2, 0.25) is 18.0 Å². The van der Waals surface area contributed by atoms with Crippen molar-refractivity contribution in [3.05, 3.63) is 42.2 Å². The van der Waals surface area contributed by atoms with Crippen LogP contribution in [-0.2, 0) is 23.9 Å². The average Bonchev–Trinajstić information content (AvgIpc) is 3.59. The summed E-state index contributed by atoms with van der Waals surface area (Å²) in [5, 5.41) is 7.38. The summed E-state index contributed by atoms with van der Waals surface area (Å²) >= 11 is 0. The number of hydrogen-bond donors (Lipinski definition) is 2. The van der Waals surface area contributed by atoms with Crippen molar-refractivity contribution in [1.82, 2.24) is 20.5 Å². The van der Waals surface area contributed by atoms with Gasteiger partial charge in [-0.3, -0.25) is 24.2 Å². The molecule has 1 aromatic carbocycles. The number of nitrogens with one attached hydrogen (secondary N) is 2. The number of nitrogens with zero attached hydrogens (tertiary/aromatic N) is 2. The lowest BCUT2D eigenvalue weighted by molar-refractivity contribution is -0.154. The third kappa shape index (κ3) is 4.97. The van der Waals surface area contributed by atoms with E-state index in [0.29, 0.717) is 31.4 Å². The van der Waals surface area contributed by atoms with E-state index in [4.69, 9.17) is 9.47 Å². The quantitative estimate of drug-likeness (QED) is 0.521. The first-order valence-electron chi connectivity index (χ1n) is 13.6. The molecule has 0 unspecified atom stereocenters. The number of fused-ring (bicyclic) bond motifs is 3. The Balaban J connectivity index is 1.39. The molecule has 2 aliphatic heterocycles. The molecular formula is C29H36N4O6. The van der Waals surface area contributed by atoms with Gasteiger partial charge in [-0.05, 0) is 49.0 Å². The highest BCUT2D eigenvalue weighted by molar-refractivity contribution is 6.07. The summed E-state index contributed by atoms with van der Waals surface area (Å²) in [4.78, 5) is 59.3. The first kappa shape index (κ1) is 27.1. The lowest BCUT2D eigenvalue weighted by Gasteiger charge is -2.42. The van der Waals surface area contributed by atoms with Crippen LogP contribution in [0.4, 0.5) is 0 Å². The molecule has 10 heteroatoms. The summed E-state index contributed by atoms with van der Waals surface area (Å²) in [7, 11) is 0.